The highest BCUT2D eigenvalue weighted by molar-refractivity contribution is 7.11. The van der Waals surface area contributed by atoms with Crippen LogP contribution in [-0.4, -0.2) is 10.9 Å². The molecule has 0 radical (unpaired) electrons. The van der Waals surface area contributed by atoms with Crippen LogP contribution in [0.3, 0.4) is 0 Å². The van der Waals surface area contributed by atoms with Crippen molar-refractivity contribution in [3.05, 3.63) is 80.5 Å². The summed E-state index contributed by atoms with van der Waals surface area (Å²) in [7, 11) is 0. The molecule has 0 aliphatic heterocycles. The normalized spacial score (nSPS) is 12.3. The highest BCUT2D eigenvalue weighted by atomic mass is 32.1. The Morgan fingerprint density at radius 2 is 1.96 bits per heavy atom. The number of halogens is 1. The molecule has 4 nitrogen and oxygen atoms in total. The average Bonchev–Trinajstić information content (AvgIpc) is 3.37. The molecular weight excluding hydrogens is 369 g/mol. The molecule has 0 aliphatic rings. The Kier molecular flexibility index (Phi) is 4.64. The molecule has 3 aromatic heterocycles. The van der Waals surface area contributed by atoms with Gasteiger partial charge in [0.15, 0.2) is 5.76 Å². The largest absolute Gasteiger partial charge is 0.463 e. The minimum absolute atomic E-state index is 0.287. The molecule has 0 amide bonds. The van der Waals surface area contributed by atoms with Gasteiger partial charge in [0, 0.05) is 5.38 Å². The van der Waals surface area contributed by atoms with E-state index in [1.54, 1.807) is 34.4 Å². The van der Waals surface area contributed by atoms with Gasteiger partial charge in [0.1, 0.15) is 11.5 Å². The first kappa shape index (κ1) is 16.7. The maximum Gasteiger partial charge on any atom is 0.211 e. The number of aromatic nitrogens is 1. The predicted octanol–water partition coefficient (Wildman–Crippen LogP) is 5.43. The van der Waals surface area contributed by atoms with Gasteiger partial charge in [-0.1, -0.05) is 0 Å². The van der Waals surface area contributed by atoms with Crippen molar-refractivity contribution in [1.29, 1.82) is 0 Å². The maximum absolute atomic E-state index is 13.1. The summed E-state index contributed by atoms with van der Waals surface area (Å²) in [5.74, 6) is 0.423. The first-order valence-corrected chi connectivity index (χ1v) is 9.60. The number of aryl methyl sites for hydroxylation is 1. The Morgan fingerprint density at radius 1 is 1.12 bits per heavy atom. The Bertz CT molecular complexity index is 1100. The number of hydrogen-bond donors (Lipinski definition) is 0. The molecule has 4 rings (SSSR count). The lowest BCUT2D eigenvalue weighted by Crippen LogP contribution is -2.11. The van der Waals surface area contributed by atoms with Gasteiger partial charge in [0.05, 0.1) is 23.0 Å². The van der Waals surface area contributed by atoms with Gasteiger partial charge in [-0.25, -0.2) is 14.1 Å². The van der Waals surface area contributed by atoms with E-state index < -0.39 is 0 Å². The third-order valence-electron chi connectivity index (χ3n) is 3.70. The van der Waals surface area contributed by atoms with E-state index in [2.05, 4.69) is 16.2 Å². The number of nitrogens with zero attached hydrogens (tertiary/aromatic N) is 3. The average molecular weight is 383 g/mol. The van der Waals surface area contributed by atoms with Crippen LogP contribution in [0.2, 0.25) is 0 Å². The molecule has 3 heterocycles. The molecule has 7 heteroatoms. The van der Waals surface area contributed by atoms with E-state index in [0.29, 0.717) is 16.2 Å². The van der Waals surface area contributed by atoms with Crippen LogP contribution in [0, 0.1) is 12.7 Å². The standard InChI is InChI=1S/C19H14FN3OS2/c1-13-8-10-25-18(13)11-21-23-16(17-3-2-9-24-17)12-26-19(23)22-15-6-4-14(20)5-7-15/h2-12H,1H3. The summed E-state index contributed by atoms with van der Waals surface area (Å²) in [5.41, 5.74) is 2.65. The molecule has 130 valence electrons. The first-order valence-electron chi connectivity index (χ1n) is 7.84. The van der Waals surface area contributed by atoms with Crippen LogP contribution in [0.25, 0.3) is 11.5 Å². The third-order valence-corrected chi connectivity index (χ3v) is 5.47. The van der Waals surface area contributed by atoms with Gasteiger partial charge in [-0.05, 0) is 60.3 Å². The highest BCUT2D eigenvalue weighted by Gasteiger charge is 2.10. The van der Waals surface area contributed by atoms with Gasteiger partial charge < -0.3 is 4.42 Å². The quantitative estimate of drug-likeness (QED) is 0.433. The van der Waals surface area contributed by atoms with Gasteiger partial charge >= 0.3 is 0 Å². The van der Waals surface area contributed by atoms with Crippen LogP contribution in [-0.2, 0) is 0 Å². The van der Waals surface area contributed by atoms with Crippen LogP contribution in [0.1, 0.15) is 10.4 Å². The molecule has 0 spiro atoms. The van der Waals surface area contributed by atoms with E-state index in [1.165, 1.54) is 29.0 Å². The van der Waals surface area contributed by atoms with Gasteiger partial charge in [0.2, 0.25) is 4.80 Å². The van der Waals surface area contributed by atoms with E-state index in [9.17, 15) is 4.39 Å². The zero-order valence-electron chi connectivity index (χ0n) is 13.8. The fourth-order valence-electron chi connectivity index (χ4n) is 2.34. The molecule has 4 aromatic rings. The van der Waals surface area contributed by atoms with Gasteiger partial charge in [-0.15, -0.1) is 22.7 Å². The van der Waals surface area contributed by atoms with E-state index in [1.807, 2.05) is 36.0 Å². The molecule has 1 aromatic carbocycles. The molecule has 0 N–H and O–H groups in total. The van der Waals surface area contributed by atoms with E-state index in [-0.39, 0.29) is 5.82 Å². The number of benzene rings is 1. The lowest BCUT2D eigenvalue weighted by Gasteiger charge is -2.00. The monoisotopic (exact) mass is 383 g/mol. The Labute approximate surface area is 157 Å². The summed E-state index contributed by atoms with van der Waals surface area (Å²) >= 11 is 3.08. The Balaban J connectivity index is 1.83. The smallest absolute Gasteiger partial charge is 0.211 e. The molecule has 0 saturated heterocycles. The minimum atomic E-state index is -0.287. The van der Waals surface area contributed by atoms with Crippen molar-refractivity contribution in [1.82, 2.24) is 4.68 Å². The van der Waals surface area contributed by atoms with Crippen LogP contribution in [0.4, 0.5) is 10.1 Å². The highest BCUT2D eigenvalue weighted by Crippen LogP contribution is 2.22. The van der Waals surface area contributed by atoms with Crippen molar-refractivity contribution in [2.75, 3.05) is 0 Å². The molecule has 0 atom stereocenters. The van der Waals surface area contributed by atoms with Crippen molar-refractivity contribution in [3.63, 3.8) is 0 Å². The van der Waals surface area contributed by atoms with Crippen molar-refractivity contribution in [2.45, 2.75) is 6.92 Å². The molecule has 0 unspecified atom stereocenters. The zero-order chi connectivity index (χ0) is 17.9. The fourth-order valence-corrected chi connectivity index (χ4v) is 3.95. The molecule has 0 bridgehead atoms. The number of furan rings is 1. The molecule has 0 fully saturated rings. The Hall–Kier alpha value is -2.77. The first-order chi connectivity index (χ1) is 12.7. The third kappa shape index (κ3) is 3.44. The summed E-state index contributed by atoms with van der Waals surface area (Å²) in [6.45, 7) is 2.05. The van der Waals surface area contributed by atoms with Gasteiger partial charge in [0.25, 0.3) is 0 Å². The second-order valence-electron chi connectivity index (χ2n) is 5.49. The minimum Gasteiger partial charge on any atom is -0.463 e. The number of hydrogen-bond acceptors (Lipinski definition) is 5. The zero-order valence-corrected chi connectivity index (χ0v) is 15.4. The number of thiophene rings is 1. The predicted molar refractivity (Wildman–Crippen MR) is 104 cm³/mol. The molecule has 26 heavy (non-hydrogen) atoms. The van der Waals surface area contributed by atoms with Crippen LogP contribution in [0.5, 0.6) is 0 Å². The van der Waals surface area contributed by atoms with Crippen molar-refractivity contribution in [3.8, 4) is 11.5 Å². The molecular formula is C19H14FN3OS2. The second kappa shape index (κ2) is 7.23. The van der Waals surface area contributed by atoms with Crippen molar-refractivity contribution in [2.24, 2.45) is 10.1 Å². The van der Waals surface area contributed by atoms with Crippen LogP contribution in [0.15, 0.2) is 74.0 Å². The summed E-state index contributed by atoms with van der Waals surface area (Å²) in [6, 6.07) is 11.8. The summed E-state index contributed by atoms with van der Waals surface area (Å²) in [5, 5.41) is 8.60. The molecule has 0 saturated carbocycles. The fraction of sp³-hybridized carbons (Fsp3) is 0.0526. The number of thiazole rings is 1. The maximum atomic E-state index is 13.1. The van der Waals surface area contributed by atoms with Gasteiger partial charge in [-0.2, -0.15) is 5.10 Å². The van der Waals surface area contributed by atoms with Crippen LogP contribution < -0.4 is 4.80 Å². The summed E-state index contributed by atoms with van der Waals surface area (Å²) in [4.78, 5) is 6.36. The van der Waals surface area contributed by atoms with Crippen LogP contribution >= 0.6 is 22.7 Å². The second-order valence-corrected chi connectivity index (χ2v) is 7.28. The van der Waals surface area contributed by atoms with E-state index >= 15 is 0 Å². The van der Waals surface area contributed by atoms with Crippen molar-refractivity contribution < 1.29 is 8.81 Å². The van der Waals surface area contributed by atoms with E-state index in [4.69, 9.17) is 4.42 Å². The molecule has 0 aliphatic carbocycles. The lowest BCUT2D eigenvalue weighted by molar-refractivity contribution is 0.575. The summed E-state index contributed by atoms with van der Waals surface area (Å²) in [6.07, 6.45) is 3.45. The topological polar surface area (TPSA) is 42.8 Å². The summed E-state index contributed by atoms with van der Waals surface area (Å²) < 4.78 is 20.4. The lowest BCUT2D eigenvalue weighted by atomic mass is 10.3. The Morgan fingerprint density at radius 3 is 2.65 bits per heavy atom. The van der Waals surface area contributed by atoms with Crippen molar-refractivity contribution >= 4 is 34.6 Å². The van der Waals surface area contributed by atoms with E-state index in [0.717, 1.165) is 10.6 Å². The number of rotatable bonds is 4. The van der Waals surface area contributed by atoms with Gasteiger partial charge in [-0.3, -0.25) is 0 Å². The SMILES string of the molecule is Cc1ccsc1C=Nn1c(-c2ccco2)csc1=Nc1ccc(F)cc1.